The first-order valence-electron chi connectivity index (χ1n) is 3.41. The molecule has 0 saturated carbocycles. The molecule has 0 aliphatic carbocycles. The van der Waals surface area contributed by atoms with Crippen molar-refractivity contribution in [2.75, 3.05) is 0 Å². The van der Waals surface area contributed by atoms with E-state index in [0.717, 1.165) is 5.92 Å². The zero-order valence-electron chi connectivity index (χ0n) is 6.56. The van der Waals surface area contributed by atoms with Crippen molar-refractivity contribution in [3.05, 3.63) is 35.5 Å². The smallest absolute Gasteiger partial charge is 0.168 e. The van der Waals surface area contributed by atoms with Gasteiger partial charge in [0.15, 0.2) is 11.6 Å². The third-order valence-corrected chi connectivity index (χ3v) is 1.52. The fourth-order valence-electron chi connectivity index (χ4n) is 0.906. The molecule has 0 aliphatic rings. The molecule has 0 aliphatic heterocycles. The van der Waals surface area contributed by atoms with E-state index in [4.69, 9.17) is 5.11 Å². The summed E-state index contributed by atoms with van der Waals surface area (Å²) in [6.07, 6.45) is 0. The lowest BCUT2D eigenvalue weighted by molar-refractivity contribution is 0.430. The fourth-order valence-corrected chi connectivity index (χ4v) is 0.906. The van der Waals surface area contributed by atoms with Crippen molar-refractivity contribution in [2.24, 2.45) is 0 Å². The third-order valence-electron chi connectivity index (χ3n) is 1.52. The number of rotatable bonds is 1. The quantitative estimate of drug-likeness (QED) is 0.657. The summed E-state index contributed by atoms with van der Waals surface area (Å²) in [7, 11) is 0. The van der Waals surface area contributed by atoms with Crippen molar-refractivity contribution >= 4 is 0 Å². The van der Waals surface area contributed by atoms with Crippen molar-refractivity contribution < 1.29 is 9.50 Å². The molecule has 0 atom stereocenters. The largest absolute Gasteiger partial charge is 0.505 e. The van der Waals surface area contributed by atoms with Gasteiger partial charge in [0, 0.05) is 5.92 Å². The van der Waals surface area contributed by atoms with Crippen molar-refractivity contribution in [3.8, 4) is 5.75 Å². The fraction of sp³-hybridized carbons (Fsp3) is 0.222. The van der Waals surface area contributed by atoms with Crippen LogP contribution in [0.5, 0.6) is 5.75 Å². The van der Waals surface area contributed by atoms with Gasteiger partial charge in [0.25, 0.3) is 0 Å². The second-order valence-corrected chi connectivity index (χ2v) is 2.64. The second-order valence-electron chi connectivity index (χ2n) is 2.64. The summed E-state index contributed by atoms with van der Waals surface area (Å²) in [4.78, 5) is 0. The third kappa shape index (κ3) is 1.50. The van der Waals surface area contributed by atoms with Gasteiger partial charge < -0.3 is 5.11 Å². The van der Waals surface area contributed by atoms with Gasteiger partial charge in [0.1, 0.15) is 0 Å². The number of hydrogen-bond donors (Lipinski definition) is 1. The van der Waals surface area contributed by atoms with Gasteiger partial charge in [0.2, 0.25) is 0 Å². The zero-order chi connectivity index (χ0) is 8.43. The average molecular weight is 153 g/mol. The standard InChI is InChI=1S/C9H10FO/c1-6(2)7-4-3-5-8(11)9(7)10/h3-5,11H,1-2H3. The maximum atomic E-state index is 13.0. The van der Waals surface area contributed by atoms with Crippen molar-refractivity contribution in [2.45, 2.75) is 13.8 Å². The Morgan fingerprint density at radius 3 is 2.45 bits per heavy atom. The van der Waals surface area contributed by atoms with Gasteiger partial charge in [-0.2, -0.15) is 0 Å². The lowest BCUT2D eigenvalue weighted by atomic mass is 10.0. The molecule has 0 saturated heterocycles. The van der Waals surface area contributed by atoms with E-state index in [-0.39, 0.29) is 5.75 Å². The van der Waals surface area contributed by atoms with E-state index in [1.165, 1.54) is 6.07 Å². The molecule has 0 amide bonds. The maximum absolute atomic E-state index is 13.0. The number of phenols is 1. The van der Waals surface area contributed by atoms with Crippen LogP contribution in [0.4, 0.5) is 4.39 Å². The Morgan fingerprint density at radius 2 is 2.00 bits per heavy atom. The van der Waals surface area contributed by atoms with Crippen LogP contribution < -0.4 is 0 Å². The lowest BCUT2D eigenvalue weighted by Gasteiger charge is -2.06. The van der Waals surface area contributed by atoms with E-state index >= 15 is 0 Å². The summed E-state index contributed by atoms with van der Waals surface area (Å²) in [5.41, 5.74) is 0.477. The van der Waals surface area contributed by atoms with Crippen LogP contribution in [0.2, 0.25) is 0 Å². The molecule has 1 aromatic carbocycles. The normalized spacial score (nSPS) is 10.5. The molecule has 2 heteroatoms. The number of aromatic hydroxyl groups is 1. The molecule has 0 spiro atoms. The predicted molar refractivity (Wildman–Crippen MR) is 41.8 cm³/mol. The van der Waals surface area contributed by atoms with Crippen LogP contribution in [0.25, 0.3) is 0 Å². The first kappa shape index (κ1) is 8.05. The van der Waals surface area contributed by atoms with Crippen LogP contribution in [-0.4, -0.2) is 5.11 Å². The molecule has 1 nitrogen and oxygen atoms in total. The minimum Gasteiger partial charge on any atom is -0.505 e. The number of halogens is 1. The molecule has 1 rings (SSSR count). The Kier molecular flexibility index (Phi) is 2.13. The van der Waals surface area contributed by atoms with Crippen LogP contribution in [-0.2, 0) is 0 Å². The summed E-state index contributed by atoms with van der Waals surface area (Å²) in [6.45, 7) is 3.61. The van der Waals surface area contributed by atoms with Crippen molar-refractivity contribution in [1.29, 1.82) is 0 Å². The minimum atomic E-state index is -0.535. The first-order chi connectivity index (χ1) is 5.13. The topological polar surface area (TPSA) is 20.2 Å². The molecular formula is C9H10FO. The van der Waals surface area contributed by atoms with Gasteiger partial charge in [0.05, 0.1) is 0 Å². The van der Waals surface area contributed by atoms with Gasteiger partial charge in [-0.1, -0.05) is 26.0 Å². The molecular weight excluding hydrogens is 143 g/mol. The van der Waals surface area contributed by atoms with Crippen LogP contribution in [0.1, 0.15) is 19.4 Å². The predicted octanol–water partition coefficient (Wildman–Crippen LogP) is 2.49. The summed E-state index contributed by atoms with van der Waals surface area (Å²) in [5, 5.41) is 8.96. The van der Waals surface area contributed by atoms with Crippen LogP contribution in [0.3, 0.4) is 0 Å². The molecule has 11 heavy (non-hydrogen) atoms. The summed E-state index contributed by atoms with van der Waals surface area (Å²) in [6, 6.07) is 4.60. The van der Waals surface area contributed by atoms with Crippen molar-refractivity contribution in [1.82, 2.24) is 0 Å². The SMILES string of the molecule is C[C](C)c1cccc(O)c1F. The molecule has 0 aromatic heterocycles. The molecule has 0 bridgehead atoms. The van der Waals surface area contributed by atoms with Crippen LogP contribution in [0.15, 0.2) is 18.2 Å². The Hall–Kier alpha value is -1.05. The summed E-state index contributed by atoms with van der Waals surface area (Å²) in [5.74, 6) is 0.0367. The second kappa shape index (κ2) is 2.91. The molecule has 1 aromatic rings. The molecule has 59 valence electrons. The van der Waals surface area contributed by atoms with Gasteiger partial charge in [-0.15, -0.1) is 0 Å². The highest BCUT2D eigenvalue weighted by molar-refractivity contribution is 5.36. The molecule has 0 heterocycles. The Bertz CT molecular complexity index is 256. The van der Waals surface area contributed by atoms with Gasteiger partial charge >= 0.3 is 0 Å². The maximum Gasteiger partial charge on any atom is 0.168 e. The highest BCUT2D eigenvalue weighted by Crippen LogP contribution is 2.23. The highest BCUT2D eigenvalue weighted by Gasteiger charge is 2.09. The van der Waals surface area contributed by atoms with Gasteiger partial charge in [-0.3, -0.25) is 0 Å². The van der Waals surface area contributed by atoms with Gasteiger partial charge in [-0.25, -0.2) is 4.39 Å². The zero-order valence-corrected chi connectivity index (χ0v) is 6.56. The minimum absolute atomic E-state index is 0.288. The number of phenolic OH excluding ortho intramolecular Hbond substituents is 1. The summed E-state index contributed by atoms with van der Waals surface area (Å²) < 4.78 is 13.0. The monoisotopic (exact) mass is 153 g/mol. The Labute approximate surface area is 65.5 Å². The van der Waals surface area contributed by atoms with Gasteiger partial charge in [-0.05, 0) is 11.6 Å². The van der Waals surface area contributed by atoms with E-state index in [1.54, 1.807) is 26.0 Å². The van der Waals surface area contributed by atoms with E-state index in [9.17, 15) is 4.39 Å². The molecule has 1 radical (unpaired) electrons. The van der Waals surface area contributed by atoms with Crippen LogP contribution in [0, 0.1) is 11.7 Å². The van der Waals surface area contributed by atoms with E-state index in [2.05, 4.69) is 0 Å². The number of benzene rings is 1. The first-order valence-corrected chi connectivity index (χ1v) is 3.41. The summed E-state index contributed by atoms with van der Waals surface area (Å²) >= 11 is 0. The Morgan fingerprint density at radius 1 is 1.36 bits per heavy atom. The van der Waals surface area contributed by atoms with Crippen molar-refractivity contribution in [3.63, 3.8) is 0 Å². The molecule has 0 fully saturated rings. The van der Waals surface area contributed by atoms with E-state index in [0.29, 0.717) is 5.56 Å². The Balaban J connectivity index is 3.17. The number of hydrogen-bond acceptors (Lipinski definition) is 1. The van der Waals surface area contributed by atoms with E-state index < -0.39 is 5.82 Å². The van der Waals surface area contributed by atoms with E-state index in [1.807, 2.05) is 0 Å². The van der Waals surface area contributed by atoms with Crippen LogP contribution >= 0.6 is 0 Å². The highest BCUT2D eigenvalue weighted by atomic mass is 19.1. The molecule has 0 unspecified atom stereocenters. The lowest BCUT2D eigenvalue weighted by Crippen LogP contribution is -1.92. The molecule has 1 N–H and O–H groups in total. The average Bonchev–Trinajstić information content (AvgIpc) is 1.94.